The van der Waals surface area contributed by atoms with Gasteiger partial charge in [0.1, 0.15) is 37.7 Å². The summed E-state index contributed by atoms with van der Waals surface area (Å²) in [6, 6.07) is 25.9. The first-order valence-corrected chi connectivity index (χ1v) is 28.4. The zero-order chi connectivity index (χ0) is 51.1. The molecule has 4 rings (SSSR count). The molecule has 3 aromatic carbocycles. The first-order valence-electron chi connectivity index (χ1n) is 26.9. The summed E-state index contributed by atoms with van der Waals surface area (Å²) in [5, 5.41) is 7.55. The van der Waals surface area contributed by atoms with Crippen molar-refractivity contribution in [2.45, 2.75) is 180 Å². The van der Waals surface area contributed by atoms with E-state index in [9.17, 15) is 0 Å². The van der Waals surface area contributed by atoms with Crippen molar-refractivity contribution >= 4 is 33.7 Å². The molecular weight excluding hydrogens is 923 g/mol. The summed E-state index contributed by atoms with van der Waals surface area (Å²) in [4.78, 5) is 3.58. The van der Waals surface area contributed by atoms with E-state index in [2.05, 4.69) is 103 Å². The molecule has 1 aliphatic rings. The van der Waals surface area contributed by atoms with Crippen LogP contribution in [0.4, 0.5) is 0 Å². The Bertz CT molecular complexity index is 1880. The Balaban J connectivity index is 1.40. The standard InChI is InChI=1S/C58H88BN4O6PS/c1-9-10-11-12-13-14-15-16-17-18-19-22-28-41-61-57(71)62-42-29-23-20-21-27-32-53-55(69-70(67-44-43-60-6)63(46(2)3)47(4)5)54(68-56(53)59)45-66-58(48-30-25-24-26-31-48,49-33-37-51(64-7)38-34-49)50-35-39-52(65-8)40-36-50/h21,24-27,30-31,33-40,46-47,53-56H,9-20,22-23,28-29,32,41-45H2,1-5,7-8H3,(H2,61,62,71)/b27-21+/t53?,54-,55-,56-,70?/m1/s1. The Morgan fingerprint density at radius 2 is 1.25 bits per heavy atom. The Morgan fingerprint density at radius 1 is 0.746 bits per heavy atom. The van der Waals surface area contributed by atoms with Crippen molar-refractivity contribution < 1.29 is 28.0 Å². The molecule has 2 unspecified atom stereocenters. The molecule has 5 atom stereocenters. The number of benzene rings is 3. The third-order valence-corrected chi connectivity index (χ3v) is 15.7. The second-order valence-electron chi connectivity index (χ2n) is 19.3. The molecule has 0 saturated carbocycles. The number of nitrogens with zero attached hydrogens (tertiary/aromatic N) is 2. The molecule has 0 aliphatic carbocycles. The van der Waals surface area contributed by atoms with Gasteiger partial charge in [0.2, 0.25) is 6.54 Å². The molecule has 1 aliphatic heterocycles. The summed E-state index contributed by atoms with van der Waals surface area (Å²) < 4.78 is 41.2. The van der Waals surface area contributed by atoms with E-state index in [4.69, 9.17) is 54.6 Å². The molecule has 2 radical (unpaired) electrons. The molecule has 0 spiro atoms. The highest BCUT2D eigenvalue weighted by Gasteiger charge is 2.47. The second kappa shape index (κ2) is 34.8. The normalized spacial score (nSPS) is 17.5. The van der Waals surface area contributed by atoms with Crippen molar-refractivity contribution in [3.8, 4) is 11.5 Å². The zero-order valence-electron chi connectivity index (χ0n) is 44.5. The molecule has 3 aromatic rings. The van der Waals surface area contributed by atoms with Crippen molar-refractivity contribution in [3.05, 3.63) is 119 Å². The first kappa shape index (κ1) is 60.0. The predicted molar refractivity (Wildman–Crippen MR) is 299 cm³/mol. The van der Waals surface area contributed by atoms with Crippen LogP contribution in [-0.4, -0.2) is 95.0 Å². The van der Waals surface area contributed by atoms with Crippen molar-refractivity contribution in [1.29, 1.82) is 0 Å². The first-order chi connectivity index (χ1) is 34.6. The van der Waals surface area contributed by atoms with E-state index in [-0.39, 0.29) is 37.8 Å². The van der Waals surface area contributed by atoms with Gasteiger partial charge in [-0.25, -0.2) is 11.2 Å². The summed E-state index contributed by atoms with van der Waals surface area (Å²) in [7, 11) is 8.70. The second-order valence-corrected chi connectivity index (χ2v) is 21.2. The average molecular weight is 1010 g/mol. The molecule has 0 amide bonds. The molecular formula is C58H88BN4O6PS. The number of nitrogens with one attached hydrogen (secondary N) is 2. The fraction of sp³-hybridized carbons (Fsp3) is 0.621. The van der Waals surface area contributed by atoms with Gasteiger partial charge in [-0.05, 0) is 113 Å². The Hall–Kier alpha value is -3.53. The van der Waals surface area contributed by atoms with Crippen LogP contribution < -0.4 is 20.1 Å². The van der Waals surface area contributed by atoms with Crippen LogP contribution in [0.5, 0.6) is 11.5 Å². The molecule has 1 saturated heterocycles. The van der Waals surface area contributed by atoms with E-state index in [1.54, 1.807) is 14.2 Å². The lowest BCUT2D eigenvalue weighted by Gasteiger charge is -2.39. The molecule has 13 heteroatoms. The summed E-state index contributed by atoms with van der Waals surface area (Å²) >= 11 is 5.58. The van der Waals surface area contributed by atoms with Gasteiger partial charge >= 0.3 is 0 Å². The maximum Gasteiger partial charge on any atom is 0.259 e. The Labute approximate surface area is 438 Å². The minimum atomic E-state index is -1.60. The molecule has 71 heavy (non-hydrogen) atoms. The van der Waals surface area contributed by atoms with Gasteiger partial charge in [-0.2, -0.15) is 0 Å². The fourth-order valence-corrected chi connectivity index (χ4v) is 11.4. The molecule has 2 N–H and O–H groups in total. The topological polar surface area (TPSA) is 87.0 Å². The minimum Gasteiger partial charge on any atom is -0.497 e. The number of thiocarbonyl (C=S) groups is 1. The highest BCUT2D eigenvalue weighted by atomic mass is 32.1. The number of hydrogen-bond donors (Lipinski definition) is 2. The summed E-state index contributed by atoms with van der Waals surface area (Å²) in [5.74, 6) is 1.30. The molecule has 0 bridgehead atoms. The lowest BCUT2D eigenvalue weighted by Crippen LogP contribution is -2.41. The van der Waals surface area contributed by atoms with E-state index in [1.807, 2.05) is 42.5 Å². The molecule has 10 nitrogen and oxygen atoms in total. The third-order valence-electron chi connectivity index (χ3n) is 13.3. The van der Waals surface area contributed by atoms with Crippen LogP contribution in [0.1, 0.15) is 160 Å². The third kappa shape index (κ3) is 20.4. The van der Waals surface area contributed by atoms with Crippen LogP contribution in [0.3, 0.4) is 0 Å². The van der Waals surface area contributed by atoms with Gasteiger partial charge in [0, 0.05) is 37.1 Å². The van der Waals surface area contributed by atoms with Gasteiger partial charge < -0.3 is 43.5 Å². The number of allylic oxidation sites excluding steroid dienone is 2. The SMILES string of the molecule is [B][C@@H]1O[C@H](COC(c2ccccc2)(c2ccc(OC)cc2)c2ccc(OC)cc2)[C@H](OP(OCC[N+]#[C-])N(C(C)C)C(C)C)C1C/C=C/CCCCNC(=S)NCCCCCCCCCCCCCCC. The summed E-state index contributed by atoms with van der Waals surface area (Å²) in [5.41, 5.74) is 1.73. The van der Waals surface area contributed by atoms with Crippen LogP contribution in [0.25, 0.3) is 4.85 Å². The largest absolute Gasteiger partial charge is 0.497 e. The van der Waals surface area contributed by atoms with Crippen LogP contribution in [-0.2, 0) is 24.1 Å². The van der Waals surface area contributed by atoms with Gasteiger partial charge in [-0.3, -0.25) is 0 Å². The van der Waals surface area contributed by atoms with Crippen LogP contribution >= 0.6 is 20.7 Å². The lowest BCUT2D eigenvalue weighted by atomic mass is 9.79. The highest BCUT2D eigenvalue weighted by molar-refractivity contribution is 7.80. The van der Waals surface area contributed by atoms with Crippen molar-refractivity contribution in [2.24, 2.45) is 5.92 Å². The number of hydrogen-bond acceptors (Lipinski definition) is 8. The quantitative estimate of drug-likeness (QED) is 0.0111. The average Bonchev–Trinajstić information content (AvgIpc) is 3.67. The van der Waals surface area contributed by atoms with Gasteiger partial charge in [0.15, 0.2) is 5.11 Å². The maximum atomic E-state index is 7.47. The molecule has 390 valence electrons. The maximum absolute atomic E-state index is 7.47. The number of ether oxygens (including phenoxy) is 4. The molecule has 0 aromatic heterocycles. The van der Waals surface area contributed by atoms with E-state index in [0.29, 0.717) is 6.42 Å². The number of unbranched alkanes of at least 4 members (excludes halogenated alkanes) is 14. The van der Waals surface area contributed by atoms with Gasteiger partial charge in [0.05, 0.1) is 26.9 Å². The van der Waals surface area contributed by atoms with Gasteiger partial charge in [0.25, 0.3) is 8.53 Å². The highest BCUT2D eigenvalue weighted by Crippen LogP contribution is 2.51. The summed E-state index contributed by atoms with van der Waals surface area (Å²) in [6.45, 7) is 20.8. The van der Waals surface area contributed by atoms with E-state index in [1.165, 1.54) is 77.0 Å². The smallest absolute Gasteiger partial charge is 0.259 e. The monoisotopic (exact) mass is 1010 g/mol. The Kier molecular flexibility index (Phi) is 29.4. The van der Waals surface area contributed by atoms with Crippen LogP contribution in [0.2, 0.25) is 0 Å². The van der Waals surface area contributed by atoms with Crippen LogP contribution in [0.15, 0.2) is 91.0 Å². The summed E-state index contributed by atoms with van der Waals surface area (Å²) in [6.07, 6.45) is 24.7. The molecule has 1 fully saturated rings. The van der Waals surface area contributed by atoms with Crippen molar-refractivity contribution in [1.82, 2.24) is 15.3 Å². The van der Waals surface area contributed by atoms with E-state index >= 15 is 0 Å². The predicted octanol–water partition coefficient (Wildman–Crippen LogP) is 13.9. The lowest BCUT2D eigenvalue weighted by molar-refractivity contribution is -0.0717. The zero-order valence-corrected chi connectivity index (χ0v) is 46.2. The van der Waals surface area contributed by atoms with Crippen LogP contribution in [0, 0.1) is 12.5 Å². The van der Waals surface area contributed by atoms with Crippen molar-refractivity contribution in [2.75, 3.05) is 47.1 Å². The number of methoxy groups -OCH3 is 2. The fourth-order valence-electron chi connectivity index (χ4n) is 9.43. The van der Waals surface area contributed by atoms with Crippen molar-refractivity contribution in [3.63, 3.8) is 0 Å². The number of rotatable bonds is 37. The van der Waals surface area contributed by atoms with E-state index in [0.717, 1.165) is 72.1 Å². The van der Waals surface area contributed by atoms with E-state index < -0.39 is 32.3 Å². The van der Waals surface area contributed by atoms with Gasteiger partial charge in [-0.15, -0.1) is 0 Å². The Morgan fingerprint density at radius 3 is 1.76 bits per heavy atom. The minimum absolute atomic E-state index is 0.123. The molecule has 1 heterocycles. The van der Waals surface area contributed by atoms with Gasteiger partial charge in [-0.1, -0.05) is 151 Å².